The van der Waals surface area contributed by atoms with Gasteiger partial charge >= 0.3 is 0 Å². The Labute approximate surface area is 114 Å². The fourth-order valence-electron chi connectivity index (χ4n) is 1.76. The summed E-state index contributed by atoms with van der Waals surface area (Å²) in [6.45, 7) is 2.60. The molecule has 0 saturated carbocycles. The lowest BCUT2D eigenvalue weighted by Gasteiger charge is -2.16. The lowest BCUT2D eigenvalue weighted by molar-refractivity contribution is -0.387. The number of aliphatic hydroxyl groups excluding tert-OH is 1. The van der Waals surface area contributed by atoms with Crippen LogP contribution in [0.15, 0.2) is 29.2 Å². The van der Waals surface area contributed by atoms with E-state index in [2.05, 4.69) is 5.32 Å². The standard InChI is InChI=1S/C12H18N2O4S/c1-2-13-10(7-8-15)9-19(18)12-6-4-3-5-11(12)14(16)17/h3-6,10,13,15H,2,7-9H2,1H3. The van der Waals surface area contributed by atoms with Crippen LogP contribution in [0.4, 0.5) is 5.69 Å². The van der Waals surface area contributed by atoms with Crippen molar-refractivity contribution in [3.63, 3.8) is 0 Å². The molecule has 0 aromatic heterocycles. The normalized spacial score (nSPS) is 14.0. The molecule has 0 radical (unpaired) electrons. The molecule has 1 rings (SSSR count). The van der Waals surface area contributed by atoms with E-state index in [9.17, 15) is 14.3 Å². The van der Waals surface area contributed by atoms with Gasteiger partial charge in [-0.3, -0.25) is 14.3 Å². The molecule has 7 heteroatoms. The van der Waals surface area contributed by atoms with Gasteiger partial charge in [-0.2, -0.15) is 0 Å². The monoisotopic (exact) mass is 286 g/mol. The van der Waals surface area contributed by atoms with E-state index in [1.165, 1.54) is 12.1 Å². The van der Waals surface area contributed by atoms with Crippen molar-refractivity contribution in [3.8, 4) is 0 Å². The highest BCUT2D eigenvalue weighted by molar-refractivity contribution is 7.85. The Morgan fingerprint density at radius 3 is 2.74 bits per heavy atom. The van der Waals surface area contributed by atoms with Gasteiger partial charge < -0.3 is 10.4 Å². The highest BCUT2D eigenvalue weighted by Crippen LogP contribution is 2.22. The van der Waals surface area contributed by atoms with Crippen molar-refractivity contribution in [2.45, 2.75) is 24.3 Å². The number of nitrogens with zero attached hydrogens (tertiary/aromatic N) is 1. The molecule has 19 heavy (non-hydrogen) atoms. The Morgan fingerprint density at radius 2 is 2.16 bits per heavy atom. The van der Waals surface area contributed by atoms with E-state index in [0.29, 0.717) is 13.0 Å². The largest absolute Gasteiger partial charge is 0.396 e. The first kappa shape index (κ1) is 15.7. The second-order valence-electron chi connectivity index (χ2n) is 4.00. The minimum atomic E-state index is -1.46. The molecular weight excluding hydrogens is 268 g/mol. The second kappa shape index (κ2) is 7.98. The molecule has 0 heterocycles. The van der Waals surface area contributed by atoms with Gasteiger partial charge in [-0.05, 0) is 19.0 Å². The van der Waals surface area contributed by atoms with Crippen LogP contribution >= 0.6 is 0 Å². The van der Waals surface area contributed by atoms with Crippen LogP contribution in [0.2, 0.25) is 0 Å². The zero-order chi connectivity index (χ0) is 14.3. The smallest absolute Gasteiger partial charge is 0.285 e. The van der Waals surface area contributed by atoms with Crippen LogP contribution in [0.5, 0.6) is 0 Å². The molecule has 0 fully saturated rings. The van der Waals surface area contributed by atoms with E-state index in [1.54, 1.807) is 12.1 Å². The molecule has 2 atom stereocenters. The Balaban J connectivity index is 2.85. The van der Waals surface area contributed by atoms with Gasteiger partial charge in [0.1, 0.15) is 4.90 Å². The molecule has 0 aliphatic rings. The SMILES string of the molecule is CCNC(CCO)CS(=O)c1ccccc1[N+](=O)[O-]. The van der Waals surface area contributed by atoms with Crippen molar-refractivity contribution in [2.24, 2.45) is 0 Å². The summed E-state index contributed by atoms with van der Waals surface area (Å²) < 4.78 is 12.2. The van der Waals surface area contributed by atoms with Gasteiger partial charge in [-0.1, -0.05) is 19.1 Å². The fourth-order valence-corrected chi connectivity index (χ4v) is 3.20. The van der Waals surface area contributed by atoms with Gasteiger partial charge in [-0.25, -0.2) is 0 Å². The first-order chi connectivity index (χ1) is 9.10. The molecule has 2 N–H and O–H groups in total. The number of para-hydroxylation sites is 1. The number of aliphatic hydroxyl groups is 1. The number of nitro groups is 1. The van der Waals surface area contributed by atoms with Crippen molar-refractivity contribution in [1.29, 1.82) is 0 Å². The van der Waals surface area contributed by atoms with Crippen molar-refractivity contribution >= 4 is 16.5 Å². The Morgan fingerprint density at radius 1 is 1.47 bits per heavy atom. The third-order valence-electron chi connectivity index (χ3n) is 2.63. The number of hydrogen-bond acceptors (Lipinski definition) is 5. The van der Waals surface area contributed by atoms with Crippen LogP contribution in [-0.2, 0) is 10.8 Å². The molecule has 0 aliphatic carbocycles. The van der Waals surface area contributed by atoms with Crippen LogP contribution < -0.4 is 5.32 Å². The summed E-state index contributed by atoms with van der Waals surface area (Å²) in [7, 11) is -1.46. The molecule has 0 amide bonds. The summed E-state index contributed by atoms with van der Waals surface area (Å²) >= 11 is 0. The van der Waals surface area contributed by atoms with E-state index in [-0.39, 0.29) is 29.0 Å². The molecule has 0 spiro atoms. The number of benzene rings is 1. The highest BCUT2D eigenvalue weighted by Gasteiger charge is 2.20. The quantitative estimate of drug-likeness (QED) is 0.550. The Hall–Kier alpha value is -1.31. The summed E-state index contributed by atoms with van der Waals surface area (Å²) in [4.78, 5) is 10.6. The zero-order valence-electron chi connectivity index (χ0n) is 10.7. The van der Waals surface area contributed by atoms with Gasteiger partial charge in [0.25, 0.3) is 5.69 Å². The van der Waals surface area contributed by atoms with Gasteiger partial charge in [0.2, 0.25) is 0 Å². The highest BCUT2D eigenvalue weighted by atomic mass is 32.2. The van der Waals surface area contributed by atoms with Crippen molar-refractivity contribution in [2.75, 3.05) is 18.9 Å². The fraction of sp³-hybridized carbons (Fsp3) is 0.500. The molecule has 0 bridgehead atoms. The third-order valence-corrected chi connectivity index (χ3v) is 4.17. The number of rotatable bonds is 8. The average Bonchev–Trinajstić information content (AvgIpc) is 2.39. The minimum Gasteiger partial charge on any atom is -0.396 e. The first-order valence-corrected chi connectivity index (χ1v) is 7.38. The lowest BCUT2D eigenvalue weighted by Crippen LogP contribution is -2.34. The molecule has 6 nitrogen and oxygen atoms in total. The zero-order valence-corrected chi connectivity index (χ0v) is 11.6. The maximum Gasteiger partial charge on any atom is 0.285 e. The maximum atomic E-state index is 12.2. The van der Waals surface area contributed by atoms with E-state index >= 15 is 0 Å². The molecule has 0 aliphatic heterocycles. The predicted molar refractivity (Wildman–Crippen MR) is 73.5 cm³/mol. The third kappa shape index (κ3) is 4.70. The van der Waals surface area contributed by atoms with Crippen LogP contribution in [0.3, 0.4) is 0 Å². The molecular formula is C12H18N2O4S. The van der Waals surface area contributed by atoms with Crippen LogP contribution in [0.25, 0.3) is 0 Å². The number of hydrogen-bond donors (Lipinski definition) is 2. The summed E-state index contributed by atoms with van der Waals surface area (Å²) in [6, 6.07) is 5.93. The lowest BCUT2D eigenvalue weighted by atomic mass is 10.2. The van der Waals surface area contributed by atoms with Crippen molar-refractivity contribution < 1.29 is 14.2 Å². The van der Waals surface area contributed by atoms with E-state index in [4.69, 9.17) is 5.11 Å². The molecule has 1 aromatic carbocycles. The minimum absolute atomic E-state index is 0.00818. The Kier molecular flexibility index (Phi) is 6.61. The van der Waals surface area contributed by atoms with Crippen molar-refractivity contribution in [3.05, 3.63) is 34.4 Å². The molecule has 106 valence electrons. The van der Waals surface area contributed by atoms with Gasteiger partial charge in [-0.15, -0.1) is 0 Å². The van der Waals surface area contributed by atoms with E-state index in [1.807, 2.05) is 6.92 Å². The van der Waals surface area contributed by atoms with Crippen molar-refractivity contribution in [1.82, 2.24) is 5.32 Å². The Bertz CT molecular complexity index is 447. The van der Waals surface area contributed by atoms with Gasteiger partial charge in [0.15, 0.2) is 0 Å². The number of nitrogens with one attached hydrogen (secondary N) is 1. The number of nitro benzene ring substituents is 1. The average molecular weight is 286 g/mol. The predicted octanol–water partition coefficient (Wildman–Crippen LogP) is 1.06. The topological polar surface area (TPSA) is 92.5 Å². The molecule has 2 unspecified atom stereocenters. The molecule has 0 saturated heterocycles. The van der Waals surface area contributed by atoms with Crippen LogP contribution in [0, 0.1) is 10.1 Å². The van der Waals surface area contributed by atoms with Crippen LogP contribution in [-0.4, -0.2) is 39.2 Å². The summed E-state index contributed by atoms with van der Waals surface area (Å²) in [5.41, 5.74) is -0.125. The summed E-state index contributed by atoms with van der Waals surface area (Å²) in [6.07, 6.45) is 0.472. The van der Waals surface area contributed by atoms with E-state index in [0.717, 1.165) is 0 Å². The summed E-state index contributed by atoms with van der Waals surface area (Å²) in [5.74, 6) is 0.249. The van der Waals surface area contributed by atoms with Gasteiger partial charge in [0, 0.05) is 24.5 Å². The molecule has 1 aromatic rings. The van der Waals surface area contributed by atoms with E-state index < -0.39 is 15.7 Å². The summed E-state index contributed by atoms with van der Waals surface area (Å²) in [5, 5.41) is 22.9. The second-order valence-corrected chi connectivity index (χ2v) is 5.47. The maximum absolute atomic E-state index is 12.2. The first-order valence-electron chi connectivity index (χ1n) is 6.06. The van der Waals surface area contributed by atoms with Gasteiger partial charge in [0.05, 0.1) is 15.7 Å². The van der Waals surface area contributed by atoms with Crippen LogP contribution in [0.1, 0.15) is 13.3 Å².